The zero-order valence-corrected chi connectivity index (χ0v) is 10.8. The summed E-state index contributed by atoms with van der Waals surface area (Å²) in [7, 11) is 0. The van der Waals surface area contributed by atoms with Crippen molar-refractivity contribution in [1.82, 2.24) is 4.98 Å². The lowest BCUT2D eigenvalue weighted by molar-refractivity contribution is 0.133. The van der Waals surface area contributed by atoms with E-state index in [1.807, 2.05) is 19.2 Å². The van der Waals surface area contributed by atoms with Crippen molar-refractivity contribution in [1.29, 1.82) is 0 Å². The van der Waals surface area contributed by atoms with Gasteiger partial charge in [0.25, 0.3) is 0 Å². The highest BCUT2D eigenvalue weighted by Gasteiger charge is 2.41. The lowest BCUT2D eigenvalue weighted by Crippen LogP contribution is -2.24. The van der Waals surface area contributed by atoms with Crippen LogP contribution in [0.25, 0.3) is 0 Å². The molecule has 3 N–H and O–H groups in total. The van der Waals surface area contributed by atoms with E-state index in [0.717, 1.165) is 37.3 Å². The van der Waals surface area contributed by atoms with E-state index in [9.17, 15) is 5.11 Å². The second-order valence-corrected chi connectivity index (χ2v) is 5.70. The van der Waals surface area contributed by atoms with Crippen LogP contribution in [0.5, 0.6) is 0 Å². The molecule has 1 aromatic heterocycles. The first-order chi connectivity index (χ1) is 8.65. The number of hydrogen-bond acceptors (Lipinski definition) is 4. The zero-order valence-electron chi connectivity index (χ0n) is 10.8. The van der Waals surface area contributed by atoms with Crippen LogP contribution in [0, 0.1) is 11.8 Å². The molecule has 4 atom stereocenters. The summed E-state index contributed by atoms with van der Waals surface area (Å²) >= 11 is 0. The molecule has 2 aliphatic rings. The van der Waals surface area contributed by atoms with Crippen LogP contribution < -0.4 is 10.6 Å². The fourth-order valence-electron chi connectivity index (χ4n) is 3.30. The van der Waals surface area contributed by atoms with Gasteiger partial charge in [0, 0.05) is 25.0 Å². The maximum absolute atomic E-state index is 9.92. The van der Waals surface area contributed by atoms with Gasteiger partial charge in [-0.3, -0.25) is 4.98 Å². The average molecular weight is 247 g/mol. The quantitative estimate of drug-likeness (QED) is 0.827. The molecule has 0 aromatic carbocycles. The number of fused-ring (bicyclic) bond motifs is 1. The topological polar surface area (TPSA) is 62.4 Å². The number of aliphatic hydroxyl groups excluding tert-OH is 1. The summed E-state index contributed by atoms with van der Waals surface area (Å²) in [5, 5.41) is 9.92. The molecule has 0 bridgehead atoms. The van der Waals surface area contributed by atoms with Gasteiger partial charge < -0.3 is 15.7 Å². The summed E-state index contributed by atoms with van der Waals surface area (Å²) in [4.78, 5) is 6.75. The predicted octanol–water partition coefficient (Wildman–Crippen LogP) is 1.31. The summed E-state index contributed by atoms with van der Waals surface area (Å²) in [5.41, 5.74) is 7.88. The van der Waals surface area contributed by atoms with E-state index in [2.05, 4.69) is 16.0 Å². The van der Waals surface area contributed by atoms with E-state index >= 15 is 0 Å². The number of pyridine rings is 1. The maximum atomic E-state index is 9.92. The molecule has 1 saturated heterocycles. The molecule has 3 rings (SSSR count). The Morgan fingerprint density at radius 3 is 2.83 bits per heavy atom. The predicted molar refractivity (Wildman–Crippen MR) is 71.3 cm³/mol. The van der Waals surface area contributed by atoms with Crippen LogP contribution in [0.15, 0.2) is 18.3 Å². The van der Waals surface area contributed by atoms with Gasteiger partial charge >= 0.3 is 0 Å². The van der Waals surface area contributed by atoms with E-state index in [1.54, 1.807) is 0 Å². The van der Waals surface area contributed by atoms with Crippen molar-refractivity contribution in [3.05, 3.63) is 24.0 Å². The van der Waals surface area contributed by atoms with Gasteiger partial charge in [-0.2, -0.15) is 0 Å². The standard InChI is InChI=1S/C14H21N3O/c1-9(15)13-4-3-11(6-16-13)17-7-10-2-5-14(18)12(10)8-17/h3-4,6,9-10,12,14,18H,2,5,7-8,15H2,1H3/t9-,10?,12?,14?/m0/s1. The van der Waals surface area contributed by atoms with Crippen molar-refractivity contribution < 1.29 is 5.11 Å². The van der Waals surface area contributed by atoms with Crippen molar-refractivity contribution >= 4 is 5.69 Å². The Morgan fingerprint density at radius 2 is 2.22 bits per heavy atom. The molecular formula is C14H21N3O. The second-order valence-electron chi connectivity index (χ2n) is 5.70. The van der Waals surface area contributed by atoms with Crippen molar-refractivity contribution in [2.45, 2.75) is 31.9 Å². The van der Waals surface area contributed by atoms with Gasteiger partial charge in [-0.25, -0.2) is 0 Å². The number of rotatable bonds is 2. The Hall–Kier alpha value is -1.13. The SMILES string of the molecule is C[C@H](N)c1ccc(N2CC3CCC(O)C3C2)cn1. The van der Waals surface area contributed by atoms with Gasteiger partial charge in [-0.05, 0) is 37.8 Å². The molecule has 1 aliphatic heterocycles. The normalized spacial score (nSPS) is 32.6. The van der Waals surface area contributed by atoms with Crippen molar-refractivity contribution in [3.63, 3.8) is 0 Å². The molecule has 4 heteroatoms. The molecule has 0 spiro atoms. The van der Waals surface area contributed by atoms with Crippen LogP contribution in [-0.2, 0) is 0 Å². The monoisotopic (exact) mass is 247 g/mol. The molecule has 0 amide bonds. The first-order valence-electron chi connectivity index (χ1n) is 6.79. The molecule has 1 aliphatic carbocycles. The van der Waals surface area contributed by atoms with Crippen LogP contribution in [0.2, 0.25) is 0 Å². The minimum atomic E-state index is -0.101. The third kappa shape index (κ3) is 1.99. The van der Waals surface area contributed by atoms with Crippen LogP contribution >= 0.6 is 0 Å². The highest BCUT2D eigenvalue weighted by Crippen LogP contribution is 2.39. The molecule has 1 saturated carbocycles. The van der Waals surface area contributed by atoms with Crippen molar-refractivity contribution in [3.8, 4) is 0 Å². The zero-order chi connectivity index (χ0) is 12.7. The molecule has 2 heterocycles. The van der Waals surface area contributed by atoms with Crippen molar-refractivity contribution in [2.75, 3.05) is 18.0 Å². The molecule has 18 heavy (non-hydrogen) atoms. The van der Waals surface area contributed by atoms with Crippen LogP contribution in [0.1, 0.15) is 31.5 Å². The van der Waals surface area contributed by atoms with Gasteiger partial charge in [0.05, 0.1) is 23.7 Å². The largest absolute Gasteiger partial charge is 0.393 e. The van der Waals surface area contributed by atoms with Crippen LogP contribution in [0.4, 0.5) is 5.69 Å². The van der Waals surface area contributed by atoms with E-state index in [-0.39, 0.29) is 12.1 Å². The van der Waals surface area contributed by atoms with Gasteiger partial charge in [-0.1, -0.05) is 0 Å². The summed E-state index contributed by atoms with van der Waals surface area (Å²) in [6.07, 6.45) is 3.95. The van der Waals surface area contributed by atoms with E-state index in [0.29, 0.717) is 11.8 Å². The second kappa shape index (κ2) is 4.52. The number of aliphatic hydroxyl groups is 1. The van der Waals surface area contributed by atoms with Gasteiger partial charge in [0.15, 0.2) is 0 Å². The fourth-order valence-corrected chi connectivity index (χ4v) is 3.30. The third-order valence-corrected chi connectivity index (χ3v) is 4.42. The molecular weight excluding hydrogens is 226 g/mol. The molecule has 98 valence electrons. The molecule has 0 radical (unpaired) electrons. The van der Waals surface area contributed by atoms with Crippen LogP contribution in [-0.4, -0.2) is 29.3 Å². The molecule has 1 aromatic rings. The highest BCUT2D eigenvalue weighted by molar-refractivity contribution is 5.46. The first-order valence-corrected chi connectivity index (χ1v) is 6.79. The fraction of sp³-hybridized carbons (Fsp3) is 0.643. The Morgan fingerprint density at radius 1 is 1.39 bits per heavy atom. The van der Waals surface area contributed by atoms with Gasteiger partial charge in [-0.15, -0.1) is 0 Å². The van der Waals surface area contributed by atoms with E-state index in [4.69, 9.17) is 5.73 Å². The average Bonchev–Trinajstić information content (AvgIpc) is 2.92. The minimum Gasteiger partial charge on any atom is -0.393 e. The number of nitrogens with zero attached hydrogens (tertiary/aromatic N) is 2. The lowest BCUT2D eigenvalue weighted by atomic mass is 10.00. The summed E-state index contributed by atoms with van der Waals surface area (Å²) < 4.78 is 0. The van der Waals surface area contributed by atoms with Gasteiger partial charge in [0.1, 0.15) is 0 Å². The number of anilines is 1. The van der Waals surface area contributed by atoms with E-state index < -0.39 is 0 Å². The Balaban J connectivity index is 1.73. The summed E-state index contributed by atoms with van der Waals surface area (Å²) in [6.45, 7) is 3.96. The molecule has 3 unspecified atom stereocenters. The highest BCUT2D eigenvalue weighted by atomic mass is 16.3. The number of aromatic nitrogens is 1. The van der Waals surface area contributed by atoms with Crippen molar-refractivity contribution in [2.24, 2.45) is 17.6 Å². The Bertz CT molecular complexity index is 418. The summed E-state index contributed by atoms with van der Waals surface area (Å²) in [5.74, 6) is 1.12. The number of nitrogens with two attached hydrogens (primary N) is 1. The lowest BCUT2D eigenvalue weighted by Gasteiger charge is -2.20. The minimum absolute atomic E-state index is 0.0150. The van der Waals surface area contributed by atoms with E-state index in [1.165, 1.54) is 0 Å². The smallest absolute Gasteiger partial charge is 0.0588 e. The Kier molecular flexibility index (Phi) is 2.99. The molecule has 2 fully saturated rings. The first kappa shape index (κ1) is 11.9. The van der Waals surface area contributed by atoms with Gasteiger partial charge in [0.2, 0.25) is 0 Å². The molecule has 4 nitrogen and oxygen atoms in total. The number of hydrogen-bond donors (Lipinski definition) is 2. The Labute approximate surface area is 108 Å². The third-order valence-electron chi connectivity index (χ3n) is 4.42. The maximum Gasteiger partial charge on any atom is 0.0588 e. The van der Waals surface area contributed by atoms with Crippen LogP contribution in [0.3, 0.4) is 0 Å². The summed E-state index contributed by atoms with van der Waals surface area (Å²) in [6, 6.07) is 4.09.